The van der Waals surface area contributed by atoms with Crippen molar-refractivity contribution in [3.05, 3.63) is 47.3 Å². The van der Waals surface area contributed by atoms with E-state index in [2.05, 4.69) is 10.4 Å². The second kappa shape index (κ2) is 5.60. The van der Waals surface area contributed by atoms with Gasteiger partial charge in [0.15, 0.2) is 5.69 Å². The van der Waals surface area contributed by atoms with Gasteiger partial charge in [-0.2, -0.15) is 31.4 Å². The lowest BCUT2D eigenvalue weighted by Gasteiger charge is -2.09. The van der Waals surface area contributed by atoms with E-state index < -0.39 is 35.2 Å². The van der Waals surface area contributed by atoms with Crippen molar-refractivity contribution >= 4 is 11.6 Å². The molecule has 0 bridgehead atoms. The summed E-state index contributed by atoms with van der Waals surface area (Å²) in [4.78, 5) is 11.8. The van der Waals surface area contributed by atoms with Crippen LogP contribution in [0.25, 0.3) is 0 Å². The standard InChI is InChI=1S/C13H9F6N3O/c1-22-10(13(17,18)19)6-9(21-22)11(23)20-8-4-2-3-7(5-8)12(14,15)16/h2-6H,1H3,(H,20,23). The van der Waals surface area contributed by atoms with Gasteiger partial charge in [-0.15, -0.1) is 0 Å². The molecule has 0 atom stereocenters. The summed E-state index contributed by atoms with van der Waals surface area (Å²) in [5, 5.41) is 5.49. The zero-order valence-electron chi connectivity index (χ0n) is 11.5. The van der Waals surface area contributed by atoms with Gasteiger partial charge in [0.25, 0.3) is 5.91 Å². The number of carbonyl (C=O) groups is 1. The fourth-order valence-electron chi connectivity index (χ4n) is 1.81. The summed E-state index contributed by atoms with van der Waals surface area (Å²) >= 11 is 0. The van der Waals surface area contributed by atoms with Gasteiger partial charge in [-0.05, 0) is 18.2 Å². The molecule has 0 fully saturated rings. The highest BCUT2D eigenvalue weighted by Gasteiger charge is 2.36. The Bertz CT molecular complexity index is 732. The van der Waals surface area contributed by atoms with Crippen molar-refractivity contribution in [1.82, 2.24) is 9.78 Å². The molecule has 0 spiro atoms. The van der Waals surface area contributed by atoms with Gasteiger partial charge in [-0.25, -0.2) is 0 Å². The number of nitrogens with zero attached hydrogens (tertiary/aromatic N) is 2. The number of anilines is 1. The minimum atomic E-state index is -4.70. The van der Waals surface area contributed by atoms with Gasteiger partial charge in [0.2, 0.25) is 0 Å². The third kappa shape index (κ3) is 3.82. The molecule has 1 aromatic carbocycles. The summed E-state index contributed by atoms with van der Waals surface area (Å²) < 4.78 is 76.0. The fraction of sp³-hybridized carbons (Fsp3) is 0.231. The third-order valence-corrected chi connectivity index (χ3v) is 2.85. The van der Waals surface area contributed by atoms with E-state index in [-0.39, 0.29) is 5.69 Å². The average molecular weight is 337 g/mol. The van der Waals surface area contributed by atoms with Gasteiger partial charge in [-0.1, -0.05) is 6.07 Å². The Morgan fingerprint density at radius 1 is 1.09 bits per heavy atom. The zero-order valence-corrected chi connectivity index (χ0v) is 11.5. The van der Waals surface area contributed by atoms with Crippen LogP contribution in [0.4, 0.5) is 32.0 Å². The number of hydrogen-bond acceptors (Lipinski definition) is 2. The maximum absolute atomic E-state index is 12.6. The zero-order chi connectivity index (χ0) is 17.4. The van der Waals surface area contributed by atoms with E-state index in [4.69, 9.17) is 0 Å². The van der Waals surface area contributed by atoms with Crippen LogP contribution in [-0.4, -0.2) is 15.7 Å². The quantitative estimate of drug-likeness (QED) is 0.849. The Morgan fingerprint density at radius 3 is 2.26 bits per heavy atom. The van der Waals surface area contributed by atoms with Crippen LogP contribution in [0.1, 0.15) is 21.7 Å². The molecule has 23 heavy (non-hydrogen) atoms. The number of amides is 1. The van der Waals surface area contributed by atoms with Gasteiger partial charge in [0.1, 0.15) is 5.69 Å². The number of aromatic nitrogens is 2. The summed E-state index contributed by atoms with van der Waals surface area (Å²) in [6, 6.07) is 4.24. The molecule has 1 aromatic heterocycles. The molecule has 0 aliphatic rings. The van der Waals surface area contributed by atoms with Crippen molar-refractivity contribution in [1.29, 1.82) is 0 Å². The lowest BCUT2D eigenvalue weighted by Crippen LogP contribution is -2.14. The SMILES string of the molecule is Cn1nc(C(=O)Nc2cccc(C(F)(F)F)c2)cc1C(F)(F)F. The largest absolute Gasteiger partial charge is 0.433 e. The summed E-state index contributed by atoms with van der Waals surface area (Å²) in [6.07, 6.45) is -9.30. The van der Waals surface area contributed by atoms with Gasteiger partial charge < -0.3 is 5.32 Å². The summed E-state index contributed by atoms with van der Waals surface area (Å²) in [7, 11) is 1.00. The number of hydrogen-bond donors (Lipinski definition) is 1. The fourth-order valence-corrected chi connectivity index (χ4v) is 1.81. The number of nitrogens with one attached hydrogen (secondary N) is 1. The number of alkyl halides is 6. The number of aryl methyl sites for hydroxylation is 1. The van der Waals surface area contributed by atoms with Crippen LogP contribution in [0.15, 0.2) is 30.3 Å². The van der Waals surface area contributed by atoms with Crippen molar-refractivity contribution in [3.8, 4) is 0 Å². The first-order chi connectivity index (χ1) is 10.5. The number of rotatable bonds is 2. The molecule has 0 saturated heterocycles. The first-order valence-electron chi connectivity index (χ1n) is 6.08. The Hall–Kier alpha value is -2.52. The molecule has 1 heterocycles. The van der Waals surface area contributed by atoms with Crippen LogP contribution in [0.3, 0.4) is 0 Å². The molecule has 0 radical (unpaired) electrons. The van der Waals surface area contributed by atoms with Gasteiger partial charge >= 0.3 is 12.4 Å². The molecule has 1 N–H and O–H groups in total. The van der Waals surface area contributed by atoms with Crippen LogP contribution in [-0.2, 0) is 19.4 Å². The molecular weight excluding hydrogens is 328 g/mol. The second-order valence-corrected chi connectivity index (χ2v) is 4.57. The molecule has 0 unspecified atom stereocenters. The summed E-state index contributed by atoms with van der Waals surface area (Å²) in [5.41, 5.74) is -2.90. The smallest absolute Gasteiger partial charge is 0.321 e. The lowest BCUT2D eigenvalue weighted by atomic mass is 10.2. The first kappa shape index (κ1) is 16.8. The van der Waals surface area contributed by atoms with Crippen molar-refractivity contribution in [2.75, 3.05) is 5.32 Å². The molecule has 2 rings (SSSR count). The maximum atomic E-state index is 12.6. The van der Waals surface area contributed by atoms with Crippen LogP contribution < -0.4 is 5.32 Å². The Morgan fingerprint density at radius 2 is 1.74 bits per heavy atom. The number of halogens is 6. The van der Waals surface area contributed by atoms with Crippen molar-refractivity contribution in [2.24, 2.45) is 7.05 Å². The first-order valence-corrected chi connectivity index (χ1v) is 6.08. The average Bonchev–Trinajstić information content (AvgIpc) is 2.80. The molecule has 0 saturated carbocycles. The molecule has 1 amide bonds. The minimum absolute atomic E-state index is 0.205. The normalized spacial score (nSPS) is 12.3. The van der Waals surface area contributed by atoms with Gasteiger partial charge in [0.05, 0.1) is 5.56 Å². The highest BCUT2D eigenvalue weighted by Crippen LogP contribution is 2.31. The lowest BCUT2D eigenvalue weighted by molar-refractivity contribution is -0.143. The molecule has 0 aliphatic heterocycles. The number of benzene rings is 1. The van der Waals surface area contributed by atoms with Gasteiger partial charge in [-0.3, -0.25) is 9.48 Å². The van der Waals surface area contributed by atoms with Crippen LogP contribution in [0, 0.1) is 0 Å². The number of carbonyl (C=O) groups excluding carboxylic acids is 1. The second-order valence-electron chi connectivity index (χ2n) is 4.57. The minimum Gasteiger partial charge on any atom is -0.321 e. The summed E-state index contributed by atoms with van der Waals surface area (Å²) in [6.45, 7) is 0. The van der Waals surface area contributed by atoms with E-state index >= 15 is 0 Å². The Kier molecular flexibility index (Phi) is 4.10. The predicted octanol–water partition coefficient (Wildman–Crippen LogP) is 3.71. The van der Waals surface area contributed by atoms with Crippen LogP contribution in [0.5, 0.6) is 0 Å². The molecule has 2 aromatic rings. The Balaban J connectivity index is 2.23. The molecule has 124 valence electrons. The van der Waals surface area contributed by atoms with Crippen molar-refractivity contribution in [3.63, 3.8) is 0 Å². The Labute approximate surface area is 125 Å². The van der Waals surface area contributed by atoms with Crippen molar-refractivity contribution < 1.29 is 31.1 Å². The van der Waals surface area contributed by atoms with E-state index in [9.17, 15) is 31.1 Å². The topological polar surface area (TPSA) is 46.9 Å². The molecule has 10 heteroatoms. The van der Waals surface area contributed by atoms with Crippen LogP contribution in [0.2, 0.25) is 0 Å². The predicted molar refractivity (Wildman–Crippen MR) is 67.6 cm³/mol. The highest BCUT2D eigenvalue weighted by molar-refractivity contribution is 6.03. The molecule has 0 aliphatic carbocycles. The highest BCUT2D eigenvalue weighted by atomic mass is 19.4. The summed E-state index contributed by atoms with van der Waals surface area (Å²) in [5.74, 6) is -1.05. The monoisotopic (exact) mass is 337 g/mol. The molecular formula is C13H9F6N3O. The van der Waals surface area contributed by atoms with E-state index in [1.807, 2.05) is 0 Å². The van der Waals surface area contributed by atoms with Crippen molar-refractivity contribution in [2.45, 2.75) is 12.4 Å². The molecule has 4 nitrogen and oxygen atoms in total. The van der Waals surface area contributed by atoms with E-state index in [1.54, 1.807) is 0 Å². The van der Waals surface area contributed by atoms with Gasteiger partial charge in [0, 0.05) is 18.8 Å². The van der Waals surface area contributed by atoms with E-state index in [0.717, 1.165) is 19.2 Å². The van der Waals surface area contributed by atoms with E-state index in [0.29, 0.717) is 16.8 Å². The maximum Gasteiger partial charge on any atom is 0.433 e. The van der Waals surface area contributed by atoms with Crippen LogP contribution >= 0.6 is 0 Å². The van der Waals surface area contributed by atoms with E-state index in [1.165, 1.54) is 6.07 Å². The third-order valence-electron chi connectivity index (χ3n) is 2.85.